The van der Waals surface area contributed by atoms with E-state index in [4.69, 9.17) is 9.47 Å². The van der Waals surface area contributed by atoms with E-state index in [0.29, 0.717) is 6.04 Å². The molecule has 2 rings (SSSR count). The lowest BCUT2D eigenvalue weighted by atomic mass is 10.2. The molecule has 1 aromatic heterocycles. The van der Waals surface area contributed by atoms with E-state index < -0.39 is 0 Å². The van der Waals surface area contributed by atoms with Crippen molar-refractivity contribution in [3.8, 4) is 5.88 Å². The Balaban J connectivity index is 2.02. The number of methoxy groups -OCH3 is 1. The first kappa shape index (κ1) is 11.4. The van der Waals surface area contributed by atoms with Gasteiger partial charge in [-0.3, -0.25) is 0 Å². The monoisotopic (exact) mass is 225 g/mol. The van der Waals surface area contributed by atoms with Crippen molar-refractivity contribution in [1.82, 2.24) is 15.1 Å². The molecule has 0 aliphatic carbocycles. The Morgan fingerprint density at radius 1 is 1.62 bits per heavy atom. The molecule has 0 amide bonds. The quantitative estimate of drug-likeness (QED) is 0.816. The van der Waals surface area contributed by atoms with E-state index in [1.54, 1.807) is 11.8 Å². The lowest BCUT2D eigenvalue weighted by Gasteiger charge is -2.11. The molecule has 5 nitrogen and oxygen atoms in total. The Bertz CT molecular complexity index is 356. The average molecular weight is 225 g/mol. The normalized spacial score (nSPS) is 20.3. The topological polar surface area (TPSA) is 48.3 Å². The van der Waals surface area contributed by atoms with Crippen LogP contribution in [0.2, 0.25) is 0 Å². The zero-order valence-corrected chi connectivity index (χ0v) is 10.1. The molecule has 1 atom stereocenters. The first-order valence-electron chi connectivity index (χ1n) is 5.60. The third-order valence-corrected chi connectivity index (χ3v) is 2.98. The van der Waals surface area contributed by atoms with Crippen LogP contribution in [-0.4, -0.2) is 36.1 Å². The van der Waals surface area contributed by atoms with Gasteiger partial charge in [0, 0.05) is 26.2 Å². The Morgan fingerprint density at radius 2 is 2.44 bits per heavy atom. The summed E-state index contributed by atoms with van der Waals surface area (Å²) in [6.45, 7) is 4.46. The summed E-state index contributed by atoms with van der Waals surface area (Å²) in [4.78, 5) is 0. The number of aromatic nitrogens is 2. The average Bonchev–Trinajstić information content (AvgIpc) is 2.83. The van der Waals surface area contributed by atoms with Crippen molar-refractivity contribution in [3.05, 3.63) is 11.3 Å². The Kier molecular flexibility index (Phi) is 3.46. The van der Waals surface area contributed by atoms with Gasteiger partial charge in [0.15, 0.2) is 0 Å². The summed E-state index contributed by atoms with van der Waals surface area (Å²) < 4.78 is 12.4. The van der Waals surface area contributed by atoms with Crippen LogP contribution in [0, 0.1) is 6.92 Å². The zero-order chi connectivity index (χ0) is 11.5. The maximum absolute atomic E-state index is 5.34. The maximum Gasteiger partial charge on any atom is 0.216 e. The van der Waals surface area contributed by atoms with Gasteiger partial charge in [-0.25, -0.2) is 4.68 Å². The molecule has 90 valence electrons. The van der Waals surface area contributed by atoms with Crippen molar-refractivity contribution in [2.75, 3.05) is 20.3 Å². The van der Waals surface area contributed by atoms with Gasteiger partial charge in [0.25, 0.3) is 0 Å². The number of hydrogen-bond donors (Lipinski definition) is 1. The van der Waals surface area contributed by atoms with Crippen molar-refractivity contribution < 1.29 is 9.47 Å². The number of hydrogen-bond acceptors (Lipinski definition) is 4. The van der Waals surface area contributed by atoms with Crippen LogP contribution >= 0.6 is 0 Å². The number of ether oxygens (including phenoxy) is 2. The summed E-state index contributed by atoms with van der Waals surface area (Å²) in [5, 5.41) is 7.82. The van der Waals surface area contributed by atoms with Gasteiger partial charge in [0.05, 0.1) is 25.0 Å². The molecule has 0 radical (unpaired) electrons. The standard InChI is InChI=1S/C11H19N3O2/c1-8-10(11(15-3)14(2)13-8)6-12-9-4-5-16-7-9/h9,12H,4-7H2,1-3H3. The summed E-state index contributed by atoms with van der Waals surface area (Å²) >= 11 is 0. The fraction of sp³-hybridized carbons (Fsp3) is 0.727. The predicted octanol–water partition coefficient (Wildman–Crippen LogP) is 0.616. The van der Waals surface area contributed by atoms with Gasteiger partial charge in [0.2, 0.25) is 5.88 Å². The molecular formula is C11H19N3O2. The zero-order valence-electron chi connectivity index (χ0n) is 10.1. The van der Waals surface area contributed by atoms with E-state index in [9.17, 15) is 0 Å². The maximum atomic E-state index is 5.34. The highest BCUT2D eigenvalue weighted by molar-refractivity contribution is 5.30. The van der Waals surface area contributed by atoms with E-state index in [-0.39, 0.29) is 0 Å². The third kappa shape index (κ3) is 2.20. The van der Waals surface area contributed by atoms with Crippen LogP contribution in [0.4, 0.5) is 0 Å². The van der Waals surface area contributed by atoms with Crippen molar-refractivity contribution >= 4 is 0 Å². The fourth-order valence-electron chi connectivity index (χ4n) is 2.08. The molecule has 1 fully saturated rings. The molecule has 0 aromatic carbocycles. The minimum Gasteiger partial charge on any atom is -0.481 e. The fourth-order valence-corrected chi connectivity index (χ4v) is 2.08. The van der Waals surface area contributed by atoms with Crippen LogP contribution in [0.25, 0.3) is 0 Å². The molecule has 5 heteroatoms. The molecule has 1 N–H and O–H groups in total. The molecule has 0 spiro atoms. The molecule has 1 unspecified atom stereocenters. The molecule has 1 aromatic rings. The number of nitrogens with one attached hydrogen (secondary N) is 1. The van der Waals surface area contributed by atoms with E-state index in [1.807, 2.05) is 14.0 Å². The smallest absolute Gasteiger partial charge is 0.216 e. The lowest BCUT2D eigenvalue weighted by Crippen LogP contribution is -2.28. The van der Waals surface area contributed by atoms with E-state index >= 15 is 0 Å². The van der Waals surface area contributed by atoms with Crippen LogP contribution < -0.4 is 10.1 Å². The summed E-state index contributed by atoms with van der Waals surface area (Å²) in [5.74, 6) is 0.837. The van der Waals surface area contributed by atoms with Crippen molar-refractivity contribution in [2.45, 2.75) is 25.9 Å². The molecule has 2 heterocycles. The highest BCUT2D eigenvalue weighted by Crippen LogP contribution is 2.21. The van der Waals surface area contributed by atoms with Gasteiger partial charge >= 0.3 is 0 Å². The first-order valence-corrected chi connectivity index (χ1v) is 5.60. The molecule has 1 saturated heterocycles. The lowest BCUT2D eigenvalue weighted by molar-refractivity contribution is 0.189. The van der Waals surface area contributed by atoms with Gasteiger partial charge in [0.1, 0.15) is 0 Å². The van der Waals surface area contributed by atoms with Gasteiger partial charge in [-0.1, -0.05) is 0 Å². The van der Waals surface area contributed by atoms with Crippen molar-refractivity contribution in [2.24, 2.45) is 7.05 Å². The highest BCUT2D eigenvalue weighted by Gasteiger charge is 2.18. The second-order valence-electron chi connectivity index (χ2n) is 4.14. The van der Waals surface area contributed by atoms with Gasteiger partial charge < -0.3 is 14.8 Å². The summed E-state index contributed by atoms with van der Waals surface area (Å²) in [6.07, 6.45) is 1.08. The number of rotatable bonds is 4. The van der Waals surface area contributed by atoms with Crippen LogP contribution in [0.5, 0.6) is 5.88 Å². The predicted molar refractivity (Wildman–Crippen MR) is 60.6 cm³/mol. The number of nitrogens with zero attached hydrogens (tertiary/aromatic N) is 2. The summed E-state index contributed by atoms with van der Waals surface area (Å²) in [5.41, 5.74) is 2.16. The van der Waals surface area contributed by atoms with E-state index in [1.165, 1.54) is 0 Å². The van der Waals surface area contributed by atoms with Crippen molar-refractivity contribution in [1.29, 1.82) is 0 Å². The Labute approximate surface area is 95.7 Å². The van der Waals surface area contributed by atoms with Crippen molar-refractivity contribution in [3.63, 3.8) is 0 Å². The van der Waals surface area contributed by atoms with Crippen LogP contribution in [0.3, 0.4) is 0 Å². The second kappa shape index (κ2) is 4.84. The Morgan fingerprint density at radius 3 is 3.06 bits per heavy atom. The van der Waals surface area contributed by atoms with Crippen LogP contribution in [0.15, 0.2) is 0 Å². The molecular weight excluding hydrogens is 206 g/mol. The molecule has 0 bridgehead atoms. The van der Waals surface area contributed by atoms with Gasteiger partial charge in [-0.15, -0.1) is 0 Å². The minimum absolute atomic E-state index is 0.462. The highest BCUT2D eigenvalue weighted by atomic mass is 16.5. The summed E-state index contributed by atoms with van der Waals surface area (Å²) in [6, 6.07) is 0.462. The molecule has 1 aliphatic rings. The molecule has 1 aliphatic heterocycles. The van der Waals surface area contributed by atoms with Crippen LogP contribution in [0.1, 0.15) is 17.7 Å². The van der Waals surface area contributed by atoms with E-state index in [2.05, 4.69) is 10.4 Å². The minimum atomic E-state index is 0.462. The Hall–Kier alpha value is -1.07. The summed E-state index contributed by atoms with van der Waals surface area (Å²) in [7, 11) is 3.58. The SMILES string of the molecule is COc1c(CNC2CCOC2)c(C)nn1C. The molecule has 0 saturated carbocycles. The largest absolute Gasteiger partial charge is 0.481 e. The van der Waals surface area contributed by atoms with Gasteiger partial charge in [-0.05, 0) is 13.3 Å². The van der Waals surface area contributed by atoms with E-state index in [0.717, 1.165) is 43.3 Å². The molecule has 16 heavy (non-hydrogen) atoms. The van der Waals surface area contributed by atoms with Crippen LogP contribution in [-0.2, 0) is 18.3 Å². The first-order chi connectivity index (χ1) is 7.72. The second-order valence-corrected chi connectivity index (χ2v) is 4.14. The number of aryl methyl sites for hydroxylation is 2. The van der Waals surface area contributed by atoms with Gasteiger partial charge in [-0.2, -0.15) is 5.10 Å². The third-order valence-electron chi connectivity index (χ3n) is 2.98.